The Morgan fingerprint density at radius 1 is 1.22 bits per heavy atom. The van der Waals surface area contributed by atoms with E-state index in [1.165, 1.54) is 0 Å². The SMILES string of the molecule is COc1cc(OC)cc(C(=O)N2CCCC2c2cccnc2)c1. The van der Waals surface area contributed by atoms with Gasteiger partial charge in [-0.1, -0.05) is 6.07 Å². The maximum Gasteiger partial charge on any atom is 0.254 e. The van der Waals surface area contributed by atoms with E-state index in [1.54, 1.807) is 38.6 Å². The Morgan fingerprint density at radius 3 is 2.57 bits per heavy atom. The van der Waals surface area contributed by atoms with E-state index in [1.807, 2.05) is 23.2 Å². The average molecular weight is 312 g/mol. The van der Waals surface area contributed by atoms with Crippen molar-refractivity contribution in [1.29, 1.82) is 0 Å². The summed E-state index contributed by atoms with van der Waals surface area (Å²) in [5.74, 6) is 1.23. The lowest BCUT2D eigenvalue weighted by Crippen LogP contribution is -2.30. The maximum atomic E-state index is 13.0. The van der Waals surface area contributed by atoms with Crippen LogP contribution in [-0.2, 0) is 0 Å². The number of likely N-dealkylation sites (tertiary alicyclic amines) is 1. The van der Waals surface area contributed by atoms with Crippen molar-refractivity contribution in [2.45, 2.75) is 18.9 Å². The number of hydrogen-bond acceptors (Lipinski definition) is 4. The van der Waals surface area contributed by atoms with E-state index in [9.17, 15) is 4.79 Å². The van der Waals surface area contributed by atoms with Gasteiger partial charge in [-0.05, 0) is 36.6 Å². The van der Waals surface area contributed by atoms with E-state index >= 15 is 0 Å². The molecule has 1 aliphatic heterocycles. The van der Waals surface area contributed by atoms with Crippen LogP contribution in [0.3, 0.4) is 0 Å². The first-order valence-electron chi connectivity index (χ1n) is 7.67. The smallest absolute Gasteiger partial charge is 0.254 e. The molecule has 0 spiro atoms. The number of ether oxygens (including phenoxy) is 2. The topological polar surface area (TPSA) is 51.7 Å². The summed E-state index contributed by atoms with van der Waals surface area (Å²) in [6.07, 6.45) is 5.53. The third kappa shape index (κ3) is 3.13. The molecule has 120 valence electrons. The van der Waals surface area contributed by atoms with Gasteiger partial charge in [0.15, 0.2) is 0 Å². The van der Waals surface area contributed by atoms with Crippen molar-refractivity contribution in [2.24, 2.45) is 0 Å². The van der Waals surface area contributed by atoms with Crippen LogP contribution >= 0.6 is 0 Å². The zero-order valence-electron chi connectivity index (χ0n) is 13.4. The van der Waals surface area contributed by atoms with Gasteiger partial charge in [0, 0.05) is 30.6 Å². The standard InChI is InChI=1S/C18H20N2O3/c1-22-15-9-14(10-16(11-15)23-2)18(21)20-8-4-6-17(20)13-5-3-7-19-12-13/h3,5,7,9-12,17H,4,6,8H2,1-2H3. The van der Waals surface area contributed by atoms with Crippen LogP contribution in [0.5, 0.6) is 11.5 Å². The van der Waals surface area contributed by atoms with Crippen LogP contribution in [0, 0.1) is 0 Å². The molecule has 1 aromatic carbocycles. The summed E-state index contributed by atoms with van der Waals surface area (Å²) in [6.45, 7) is 0.748. The fraction of sp³-hybridized carbons (Fsp3) is 0.333. The number of nitrogens with zero attached hydrogens (tertiary/aromatic N) is 2. The molecule has 1 unspecified atom stereocenters. The van der Waals surface area contributed by atoms with Gasteiger partial charge in [0.25, 0.3) is 5.91 Å². The molecule has 3 rings (SSSR count). The fourth-order valence-electron chi connectivity index (χ4n) is 3.03. The molecule has 0 radical (unpaired) electrons. The van der Waals surface area contributed by atoms with Crippen LogP contribution in [-0.4, -0.2) is 36.6 Å². The molecule has 2 aromatic rings. The van der Waals surface area contributed by atoms with Crippen molar-refractivity contribution in [3.05, 3.63) is 53.9 Å². The third-order valence-corrected chi connectivity index (χ3v) is 4.18. The van der Waals surface area contributed by atoms with Crippen LogP contribution in [0.15, 0.2) is 42.7 Å². The predicted molar refractivity (Wildman–Crippen MR) is 86.8 cm³/mol. The molecule has 0 N–H and O–H groups in total. The number of aromatic nitrogens is 1. The minimum Gasteiger partial charge on any atom is -0.497 e. The van der Waals surface area contributed by atoms with Gasteiger partial charge in [-0.25, -0.2) is 0 Å². The zero-order chi connectivity index (χ0) is 16.2. The molecule has 1 amide bonds. The summed E-state index contributed by atoms with van der Waals surface area (Å²) in [6, 6.07) is 9.28. The molecule has 0 saturated carbocycles. The Balaban J connectivity index is 1.90. The molecule has 1 aliphatic rings. The van der Waals surface area contributed by atoms with Gasteiger partial charge >= 0.3 is 0 Å². The van der Waals surface area contributed by atoms with Crippen molar-refractivity contribution < 1.29 is 14.3 Å². The fourth-order valence-corrected chi connectivity index (χ4v) is 3.03. The van der Waals surface area contributed by atoms with Gasteiger partial charge < -0.3 is 14.4 Å². The van der Waals surface area contributed by atoms with E-state index in [-0.39, 0.29) is 11.9 Å². The average Bonchev–Trinajstić information content (AvgIpc) is 3.11. The summed E-state index contributed by atoms with van der Waals surface area (Å²) in [4.78, 5) is 19.0. The third-order valence-electron chi connectivity index (χ3n) is 4.18. The molecule has 1 saturated heterocycles. The second kappa shape index (κ2) is 6.69. The molecule has 1 atom stereocenters. The van der Waals surface area contributed by atoms with E-state index in [2.05, 4.69) is 4.98 Å². The van der Waals surface area contributed by atoms with E-state index in [0.717, 1.165) is 24.9 Å². The molecule has 23 heavy (non-hydrogen) atoms. The number of benzene rings is 1. The van der Waals surface area contributed by atoms with E-state index < -0.39 is 0 Å². The van der Waals surface area contributed by atoms with Crippen LogP contribution in [0.2, 0.25) is 0 Å². The Labute approximate surface area is 135 Å². The lowest BCUT2D eigenvalue weighted by atomic mass is 10.1. The van der Waals surface area contributed by atoms with Gasteiger partial charge in [-0.15, -0.1) is 0 Å². The molecular weight excluding hydrogens is 292 g/mol. The van der Waals surface area contributed by atoms with Gasteiger partial charge in [0.05, 0.1) is 20.3 Å². The molecule has 5 heteroatoms. The monoisotopic (exact) mass is 312 g/mol. The Hall–Kier alpha value is -2.56. The maximum absolute atomic E-state index is 13.0. The van der Waals surface area contributed by atoms with Crippen molar-refractivity contribution in [3.8, 4) is 11.5 Å². The molecule has 0 aliphatic carbocycles. The zero-order valence-corrected chi connectivity index (χ0v) is 13.4. The van der Waals surface area contributed by atoms with Crippen molar-refractivity contribution in [1.82, 2.24) is 9.88 Å². The molecule has 5 nitrogen and oxygen atoms in total. The molecule has 1 aromatic heterocycles. The second-order valence-electron chi connectivity index (χ2n) is 5.54. The number of pyridine rings is 1. The van der Waals surface area contributed by atoms with Gasteiger partial charge in [0.1, 0.15) is 11.5 Å². The molecule has 2 heterocycles. The van der Waals surface area contributed by atoms with Crippen LogP contribution in [0.4, 0.5) is 0 Å². The molecule has 1 fully saturated rings. The van der Waals surface area contributed by atoms with Crippen molar-refractivity contribution in [2.75, 3.05) is 20.8 Å². The van der Waals surface area contributed by atoms with Gasteiger partial charge in [-0.2, -0.15) is 0 Å². The Morgan fingerprint density at radius 2 is 1.96 bits per heavy atom. The summed E-state index contributed by atoms with van der Waals surface area (Å²) < 4.78 is 10.5. The Bertz CT molecular complexity index is 666. The highest BCUT2D eigenvalue weighted by Gasteiger charge is 2.31. The first kappa shape index (κ1) is 15.3. The van der Waals surface area contributed by atoms with Gasteiger partial charge in [0.2, 0.25) is 0 Å². The normalized spacial score (nSPS) is 17.1. The number of rotatable bonds is 4. The van der Waals surface area contributed by atoms with Crippen molar-refractivity contribution in [3.63, 3.8) is 0 Å². The van der Waals surface area contributed by atoms with Gasteiger partial charge in [-0.3, -0.25) is 9.78 Å². The Kier molecular flexibility index (Phi) is 4.46. The predicted octanol–water partition coefficient (Wildman–Crippen LogP) is 3.08. The first-order chi connectivity index (χ1) is 11.2. The number of amides is 1. The van der Waals surface area contributed by atoms with E-state index in [0.29, 0.717) is 17.1 Å². The second-order valence-corrected chi connectivity index (χ2v) is 5.54. The minimum atomic E-state index is -0.00597. The summed E-state index contributed by atoms with van der Waals surface area (Å²) in [5, 5.41) is 0. The summed E-state index contributed by atoms with van der Waals surface area (Å²) in [7, 11) is 3.16. The molecule has 0 bridgehead atoms. The quantitative estimate of drug-likeness (QED) is 0.870. The number of carbonyl (C=O) groups excluding carboxylic acids is 1. The van der Waals surface area contributed by atoms with Crippen LogP contribution in [0.1, 0.15) is 34.8 Å². The van der Waals surface area contributed by atoms with Crippen molar-refractivity contribution >= 4 is 5.91 Å². The lowest BCUT2D eigenvalue weighted by Gasteiger charge is -2.25. The van der Waals surface area contributed by atoms with Crippen LogP contribution < -0.4 is 9.47 Å². The summed E-state index contributed by atoms with van der Waals surface area (Å²) >= 11 is 0. The highest BCUT2D eigenvalue weighted by atomic mass is 16.5. The summed E-state index contributed by atoms with van der Waals surface area (Å²) in [5.41, 5.74) is 1.66. The highest BCUT2D eigenvalue weighted by molar-refractivity contribution is 5.95. The van der Waals surface area contributed by atoms with Crippen LogP contribution in [0.25, 0.3) is 0 Å². The van der Waals surface area contributed by atoms with E-state index in [4.69, 9.17) is 9.47 Å². The minimum absolute atomic E-state index is 0.00597. The number of methoxy groups -OCH3 is 2. The molecular formula is C18H20N2O3. The number of carbonyl (C=O) groups is 1. The highest BCUT2D eigenvalue weighted by Crippen LogP contribution is 2.33. The first-order valence-corrected chi connectivity index (χ1v) is 7.67. The largest absolute Gasteiger partial charge is 0.497 e. The number of hydrogen-bond donors (Lipinski definition) is 0. The lowest BCUT2D eigenvalue weighted by molar-refractivity contribution is 0.0734.